The van der Waals surface area contributed by atoms with Crippen molar-refractivity contribution >= 4 is 33.4 Å². The molecule has 2 aromatic carbocycles. The van der Waals surface area contributed by atoms with E-state index in [0.717, 1.165) is 44.3 Å². The molecule has 1 saturated heterocycles. The molecule has 0 radical (unpaired) electrons. The number of pyridine rings is 1. The van der Waals surface area contributed by atoms with Gasteiger partial charge in [-0.05, 0) is 92.7 Å². The van der Waals surface area contributed by atoms with Crippen molar-refractivity contribution < 1.29 is 23.4 Å². The third kappa shape index (κ3) is 5.79. The number of amides is 1. The number of anilines is 1. The van der Waals surface area contributed by atoms with Crippen LogP contribution in [0.25, 0.3) is 32.9 Å². The second-order valence-corrected chi connectivity index (χ2v) is 14.8. The monoisotopic (exact) mass is 710 g/mol. The van der Waals surface area contributed by atoms with E-state index in [4.69, 9.17) is 14.7 Å². The largest absolute Gasteiger partial charge is 0.508 e. The Balaban J connectivity index is 1.26. The van der Waals surface area contributed by atoms with Crippen LogP contribution in [0.5, 0.6) is 11.8 Å². The minimum Gasteiger partial charge on any atom is -0.508 e. The third-order valence-corrected chi connectivity index (χ3v) is 11.4. The maximum absolute atomic E-state index is 17.2. The van der Waals surface area contributed by atoms with Gasteiger partial charge in [0.15, 0.2) is 11.5 Å². The number of aromatic nitrogens is 5. The highest BCUT2D eigenvalue weighted by atomic mass is 19.1. The minimum atomic E-state index is -0.711. The van der Waals surface area contributed by atoms with Crippen molar-refractivity contribution in [3.63, 3.8) is 0 Å². The van der Waals surface area contributed by atoms with Crippen molar-refractivity contribution in [1.29, 1.82) is 0 Å². The second-order valence-electron chi connectivity index (χ2n) is 14.8. The first-order valence-corrected chi connectivity index (χ1v) is 18.2. The van der Waals surface area contributed by atoms with Crippen LogP contribution in [0, 0.1) is 17.0 Å². The molecule has 8 rings (SSSR count). The number of benzene rings is 2. The molecular weight excluding hydrogens is 666 g/mol. The molecule has 11 nitrogen and oxygen atoms in total. The van der Waals surface area contributed by atoms with Crippen LogP contribution >= 0.6 is 0 Å². The highest BCUT2D eigenvalue weighted by Crippen LogP contribution is 2.47. The van der Waals surface area contributed by atoms with Crippen molar-refractivity contribution in [2.45, 2.75) is 71.0 Å². The summed E-state index contributed by atoms with van der Waals surface area (Å²) < 4.78 is 40.6. The van der Waals surface area contributed by atoms with E-state index in [1.165, 1.54) is 17.0 Å². The molecule has 2 unspecified atom stereocenters. The number of fused-ring (bicyclic) bond motifs is 4. The Labute approximate surface area is 301 Å². The molecule has 0 spiro atoms. The maximum Gasteiger partial charge on any atom is 0.319 e. The molecule has 5 heterocycles. The van der Waals surface area contributed by atoms with Crippen LogP contribution in [0.4, 0.5) is 14.6 Å². The van der Waals surface area contributed by atoms with Crippen LogP contribution < -0.4 is 9.64 Å². The molecule has 0 bridgehead atoms. The number of aromatic hydroxyl groups is 1. The van der Waals surface area contributed by atoms with E-state index in [2.05, 4.69) is 22.0 Å². The molecule has 2 aliphatic heterocycles. The molecule has 5 aromatic rings. The number of ether oxygens (including phenoxy) is 1. The van der Waals surface area contributed by atoms with Gasteiger partial charge in [-0.15, -0.1) is 0 Å². The van der Waals surface area contributed by atoms with Gasteiger partial charge in [0, 0.05) is 50.4 Å². The van der Waals surface area contributed by atoms with Crippen molar-refractivity contribution in [1.82, 2.24) is 34.5 Å². The van der Waals surface area contributed by atoms with E-state index in [9.17, 15) is 9.90 Å². The number of phenolic OH excluding ortho intramolecular Hbond substituents is 1. The summed E-state index contributed by atoms with van der Waals surface area (Å²) >= 11 is 0. The number of carbonyl (C=O) groups is 1. The van der Waals surface area contributed by atoms with Gasteiger partial charge in [0.2, 0.25) is 0 Å². The maximum atomic E-state index is 17.2. The van der Waals surface area contributed by atoms with Crippen LogP contribution in [0.15, 0.2) is 36.5 Å². The van der Waals surface area contributed by atoms with Gasteiger partial charge in [-0.3, -0.25) is 14.5 Å². The number of halogens is 2. The molecule has 13 heteroatoms. The fraction of sp³-hybridized carbons (Fsp3) is 0.462. The Morgan fingerprint density at radius 1 is 1.08 bits per heavy atom. The van der Waals surface area contributed by atoms with Gasteiger partial charge in [-0.2, -0.15) is 15.1 Å². The summed E-state index contributed by atoms with van der Waals surface area (Å²) in [7, 11) is 5.57. The van der Waals surface area contributed by atoms with Crippen LogP contribution in [-0.4, -0.2) is 92.4 Å². The van der Waals surface area contributed by atoms with E-state index < -0.39 is 11.6 Å². The molecule has 272 valence electrons. The van der Waals surface area contributed by atoms with E-state index in [1.54, 1.807) is 38.5 Å². The number of aryl methyl sites for hydroxylation is 2. The molecule has 52 heavy (non-hydrogen) atoms. The van der Waals surface area contributed by atoms with Gasteiger partial charge < -0.3 is 24.5 Å². The Kier molecular flexibility index (Phi) is 8.71. The zero-order valence-electron chi connectivity index (χ0n) is 30.1. The lowest BCUT2D eigenvalue weighted by atomic mass is 9.76. The number of rotatable bonds is 7. The molecular formula is C39H44F2N8O3. The predicted octanol–water partition coefficient (Wildman–Crippen LogP) is 6.34. The number of hydrogen-bond acceptors (Lipinski definition) is 9. The van der Waals surface area contributed by atoms with Gasteiger partial charge in [-0.25, -0.2) is 8.78 Å². The Hall–Kier alpha value is -4.91. The number of likely N-dealkylation sites (tertiary alicyclic amines) is 1. The zero-order chi connectivity index (χ0) is 36.3. The van der Waals surface area contributed by atoms with Gasteiger partial charge in [0.25, 0.3) is 5.91 Å². The highest BCUT2D eigenvalue weighted by molar-refractivity contribution is 6.01. The van der Waals surface area contributed by atoms with E-state index in [1.807, 2.05) is 16.5 Å². The van der Waals surface area contributed by atoms with Crippen molar-refractivity contribution in [2.75, 3.05) is 45.7 Å². The zero-order valence-corrected chi connectivity index (χ0v) is 30.1. The second kappa shape index (κ2) is 13.3. The molecule has 1 amide bonds. The first-order valence-electron chi connectivity index (χ1n) is 18.2. The summed E-state index contributed by atoms with van der Waals surface area (Å²) in [5.74, 6) is -0.913. The quantitative estimate of drug-likeness (QED) is 0.207. The van der Waals surface area contributed by atoms with Gasteiger partial charge in [-0.1, -0.05) is 19.4 Å². The van der Waals surface area contributed by atoms with Crippen molar-refractivity contribution in [3.8, 4) is 23.0 Å². The Morgan fingerprint density at radius 2 is 1.90 bits per heavy atom. The van der Waals surface area contributed by atoms with E-state index >= 15 is 8.78 Å². The molecule has 3 aromatic heterocycles. The molecule has 1 aliphatic carbocycles. The fourth-order valence-electron chi connectivity index (χ4n) is 8.91. The smallest absolute Gasteiger partial charge is 0.319 e. The Morgan fingerprint density at radius 3 is 2.71 bits per heavy atom. The van der Waals surface area contributed by atoms with Crippen LogP contribution in [-0.2, 0) is 19.5 Å². The van der Waals surface area contributed by atoms with Crippen LogP contribution in [0.3, 0.4) is 0 Å². The molecule has 2 fully saturated rings. The Bertz CT molecular complexity index is 2210. The topological polar surface area (TPSA) is 113 Å². The summed E-state index contributed by atoms with van der Waals surface area (Å²) in [5, 5.41) is 16.8. The first-order chi connectivity index (χ1) is 25.1. The number of phenols is 1. The summed E-state index contributed by atoms with van der Waals surface area (Å²) in [5.41, 5.74) is 1.84. The lowest BCUT2D eigenvalue weighted by molar-refractivity contribution is 0.0133. The normalized spacial score (nSPS) is 20.6. The van der Waals surface area contributed by atoms with Crippen molar-refractivity contribution in [2.24, 2.45) is 5.41 Å². The molecule has 1 N–H and O–H groups in total. The molecule has 2 atom stereocenters. The van der Waals surface area contributed by atoms with E-state index in [0.29, 0.717) is 78.4 Å². The lowest BCUT2D eigenvalue weighted by Crippen LogP contribution is -2.50. The third-order valence-electron chi connectivity index (χ3n) is 11.4. The average molecular weight is 711 g/mol. The van der Waals surface area contributed by atoms with Gasteiger partial charge >= 0.3 is 6.01 Å². The minimum absolute atomic E-state index is 0.0263. The SMILES string of the molecule is CCc1c(F)ccc2cc(O)cc(-c3ncc4c(N5CCCn6nc(C(=O)N(C)C)cc6C5)nc(OCC56CCCC5N(C)CCC6)nc4c3F)c12. The summed E-state index contributed by atoms with van der Waals surface area (Å²) in [4.78, 5) is 33.0. The van der Waals surface area contributed by atoms with Gasteiger partial charge in [0.1, 0.15) is 28.6 Å². The van der Waals surface area contributed by atoms with Crippen molar-refractivity contribution in [3.05, 3.63) is 65.1 Å². The predicted molar refractivity (Wildman–Crippen MR) is 195 cm³/mol. The first kappa shape index (κ1) is 34.2. The standard InChI is InChI=1S/C39H44F2N8O3/c1-5-26-29(40)11-10-23-17-25(50)19-27(32(23)26)34-33(41)35-28(20-42-34)36(48-15-8-16-49-24(21-48)18-30(45-49)37(51)46(2)3)44-38(43-35)52-22-39-12-6-9-31(39)47(4)14-7-13-39/h10-11,17-20,31,50H,5-9,12-16,21-22H2,1-4H3. The number of nitrogens with zero attached hydrogens (tertiary/aromatic N) is 8. The van der Waals surface area contributed by atoms with Crippen LogP contribution in [0.2, 0.25) is 0 Å². The van der Waals surface area contributed by atoms with E-state index in [-0.39, 0.29) is 39.9 Å². The number of piperidine rings is 1. The molecule has 1 saturated carbocycles. The average Bonchev–Trinajstić information content (AvgIpc) is 3.69. The van der Waals surface area contributed by atoms with Gasteiger partial charge in [0.05, 0.1) is 24.2 Å². The lowest BCUT2D eigenvalue weighted by Gasteiger charge is -2.44. The molecule has 3 aliphatic rings. The number of carbonyl (C=O) groups excluding carboxylic acids is 1. The summed E-state index contributed by atoms with van der Waals surface area (Å²) in [6, 6.07) is 8.21. The van der Waals surface area contributed by atoms with Crippen LogP contribution in [0.1, 0.15) is 67.2 Å². The summed E-state index contributed by atoms with van der Waals surface area (Å²) in [6.45, 7) is 4.88. The number of hydrogen-bond donors (Lipinski definition) is 1. The highest BCUT2D eigenvalue weighted by Gasteiger charge is 2.47. The fourth-order valence-corrected chi connectivity index (χ4v) is 8.91. The summed E-state index contributed by atoms with van der Waals surface area (Å²) in [6.07, 6.45) is 8.06.